The topological polar surface area (TPSA) is 20.2 Å². The number of anilines is 1. The molecule has 0 aliphatic carbocycles. The van der Waals surface area contributed by atoms with Gasteiger partial charge < -0.3 is 14.8 Å². The van der Waals surface area contributed by atoms with Gasteiger partial charge in [-0.15, -0.1) is 0 Å². The van der Waals surface area contributed by atoms with Crippen molar-refractivity contribution in [2.75, 3.05) is 11.9 Å². The van der Waals surface area contributed by atoms with E-state index in [-0.39, 0.29) is 11.9 Å². The molecule has 0 saturated carbocycles. The van der Waals surface area contributed by atoms with Crippen LogP contribution >= 0.6 is 12.2 Å². The second-order valence-corrected chi connectivity index (χ2v) is 7.55. The van der Waals surface area contributed by atoms with Crippen molar-refractivity contribution in [3.05, 3.63) is 89.0 Å². The van der Waals surface area contributed by atoms with Gasteiger partial charge in [0.05, 0.1) is 6.04 Å². The number of nitrogens with one attached hydrogen (secondary N) is 1. The molecule has 0 bridgehead atoms. The smallest absolute Gasteiger partial charge is 0.174 e. The van der Waals surface area contributed by atoms with E-state index in [1.807, 2.05) is 12.1 Å². The number of thiocarbonyl (C=S) groups is 1. The molecule has 0 unspecified atom stereocenters. The van der Waals surface area contributed by atoms with E-state index in [1.165, 1.54) is 29.0 Å². The summed E-state index contributed by atoms with van der Waals surface area (Å²) >= 11 is 5.86. The number of aromatic nitrogens is 1. The third-order valence-corrected chi connectivity index (χ3v) is 5.79. The molecule has 3 nitrogen and oxygen atoms in total. The molecule has 2 heterocycles. The molecule has 144 valence electrons. The Bertz CT molecular complexity index is 993. The highest BCUT2D eigenvalue weighted by molar-refractivity contribution is 7.80. The third kappa shape index (κ3) is 3.42. The summed E-state index contributed by atoms with van der Waals surface area (Å²) in [6.45, 7) is 5.92. The highest BCUT2D eigenvalue weighted by Crippen LogP contribution is 2.33. The maximum Gasteiger partial charge on any atom is 0.174 e. The third-order valence-electron chi connectivity index (χ3n) is 5.46. The van der Waals surface area contributed by atoms with Gasteiger partial charge in [0.1, 0.15) is 5.82 Å². The predicted octanol–water partition coefficient (Wildman–Crippen LogP) is 5.30. The molecule has 0 radical (unpaired) electrons. The Kier molecular flexibility index (Phi) is 5.18. The van der Waals surface area contributed by atoms with Crippen LogP contribution in [-0.4, -0.2) is 21.1 Å². The van der Waals surface area contributed by atoms with E-state index in [0.717, 1.165) is 30.8 Å². The molecule has 1 N–H and O–H groups in total. The molecule has 2 aromatic carbocycles. The van der Waals surface area contributed by atoms with Gasteiger partial charge in [-0.2, -0.15) is 0 Å². The van der Waals surface area contributed by atoms with Crippen molar-refractivity contribution in [3.63, 3.8) is 0 Å². The number of aryl methyl sites for hydroxylation is 2. The summed E-state index contributed by atoms with van der Waals surface area (Å²) in [6, 6.07) is 17.2. The number of hydrogen-bond acceptors (Lipinski definition) is 1. The first kappa shape index (κ1) is 18.7. The molecular weight excluding hydrogens is 369 g/mol. The fourth-order valence-electron chi connectivity index (χ4n) is 3.98. The van der Waals surface area contributed by atoms with E-state index in [1.54, 1.807) is 0 Å². The summed E-state index contributed by atoms with van der Waals surface area (Å²) in [5, 5.41) is 4.21. The summed E-state index contributed by atoms with van der Waals surface area (Å²) in [4.78, 5) is 2.21. The van der Waals surface area contributed by atoms with Crippen molar-refractivity contribution in [1.29, 1.82) is 0 Å². The van der Waals surface area contributed by atoms with Gasteiger partial charge >= 0.3 is 0 Å². The van der Waals surface area contributed by atoms with E-state index in [0.29, 0.717) is 5.11 Å². The van der Waals surface area contributed by atoms with E-state index in [9.17, 15) is 4.39 Å². The van der Waals surface area contributed by atoms with Crippen molar-refractivity contribution >= 4 is 23.0 Å². The lowest BCUT2D eigenvalue weighted by atomic mass is 10.00. The molecule has 1 atom stereocenters. The van der Waals surface area contributed by atoms with Crippen LogP contribution in [0.25, 0.3) is 0 Å². The Balaban J connectivity index is 1.69. The number of fused-ring (bicyclic) bond motifs is 1. The molecule has 1 aliphatic heterocycles. The van der Waals surface area contributed by atoms with Gasteiger partial charge in [-0.05, 0) is 66.5 Å². The second kappa shape index (κ2) is 7.76. The van der Waals surface area contributed by atoms with Gasteiger partial charge in [-0.25, -0.2) is 4.39 Å². The summed E-state index contributed by atoms with van der Waals surface area (Å²) in [5.41, 5.74) is 5.73. The number of benzene rings is 2. The molecule has 1 aromatic heterocycles. The van der Waals surface area contributed by atoms with Crippen molar-refractivity contribution in [2.45, 2.75) is 32.9 Å². The lowest BCUT2D eigenvalue weighted by Crippen LogP contribution is -2.44. The maximum absolute atomic E-state index is 13.5. The van der Waals surface area contributed by atoms with Crippen molar-refractivity contribution < 1.29 is 4.39 Å². The van der Waals surface area contributed by atoms with Crippen LogP contribution in [0.5, 0.6) is 0 Å². The zero-order valence-corrected chi connectivity index (χ0v) is 17.0. The predicted molar refractivity (Wildman–Crippen MR) is 116 cm³/mol. The maximum atomic E-state index is 13.5. The van der Waals surface area contributed by atoms with Crippen LogP contribution < -0.4 is 5.32 Å². The molecule has 0 spiro atoms. The monoisotopic (exact) mass is 393 g/mol. The molecule has 0 fully saturated rings. The first-order valence-electron chi connectivity index (χ1n) is 9.65. The quantitative estimate of drug-likeness (QED) is 0.610. The SMILES string of the molecule is CCc1cccc(C)c1NC(=S)N1CCn2cccc2[C@H]1c1ccc(F)cc1. The molecule has 3 aromatic rings. The van der Waals surface area contributed by atoms with E-state index < -0.39 is 0 Å². The van der Waals surface area contributed by atoms with E-state index in [4.69, 9.17) is 12.2 Å². The highest BCUT2D eigenvalue weighted by atomic mass is 32.1. The van der Waals surface area contributed by atoms with Crippen molar-refractivity contribution in [2.24, 2.45) is 0 Å². The number of hydrogen-bond donors (Lipinski definition) is 1. The molecule has 28 heavy (non-hydrogen) atoms. The van der Waals surface area contributed by atoms with Crippen LogP contribution in [0.3, 0.4) is 0 Å². The van der Waals surface area contributed by atoms with E-state index >= 15 is 0 Å². The van der Waals surface area contributed by atoms with Gasteiger partial charge in [-0.1, -0.05) is 37.3 Å². The summed E-state index contributed by atoms with van der Waals surface area (Å²) in [7, 11) is 0. The fourth-order valence-corrected chi connectivity index (χ4v) is 4.28. The normalized spacial score (nSPS) is 16.0. The molecule has 5 heteroatoms. The summed E-state index contributed by atoms with van der Waals surface area (Å²) in [6.07, 6.45) is 3.03. The van der Waals surface area contributed by atoms with Gasteiger partial charge in [0.2, 0.25) is 0 Å². The van der Waals surface area contributed by atoms with Crippen LogP contribution in [0, 0.1) is 12.7 Å². The first-order valence-corrected chi connectivity index (χ1v) is 10.1. The summed E-state index contributed by atoms with van der Waals surface area (Å²) in [5.74, 6) is -0.227. The first-order chi connectivity index (χ1) is 13.6. The average molecular weight is 394 g/mol. The Hall–Kier alpha value is -2.66. The molecule has 4 rings (SSSR count). The molecule has 1 aliphatic rings. The van der Waals surface area contributed by atoms with E-state index in [2.05, 4.69) is 65.2 Å². The minimum atomic E-state index is -0.227. The number of halogens is 1. The number of rotatable bonds is 3. The Morgan fingerprint density at radius 1 is 1.11 bits per heavy atom. The Labute approximate surface area is 170 Å². The van der Waals surface area contributed by atoms with Gasteiger partial charge in [-0.3, -0.25) is 0 Å². The van der Waals surface area contributed by atoms with Gasteiger partial charge in [0.25, 0.3) is 0 Å². The fraction of sp³-hybridized carbons (Fsp3) is 0.261. The van der Waals surface area contributed by atoms with Crippen LogP contribution in [0.4, 0.5) is 10.1 Å². The minimum Gasteiger partial charge on any atom is -0.348 e. The zero-order valence-electron chi connectivity index (χ0n) is 16.2. The van der Waals surface area contributed by atoms with Gasteiger partial charge in [0, 0.05) is 30.7 Å². The lowest BCUT2D eigenvalue weighted by Gasteiger charge is -2.39. The largest absolute Gasteiger partial charge is 0.348 e. The average Bonchev–Trinajstić information content (AvgIpc) is 3.18. The highest BCUT2D eigenvalue weighted by Gasteiger charge is 2.30. The number of para-hydroxylation sites is 1. The lowest BCUT2D eigenvalue weighted by molar-refractivity contribution is 0.293. The molecule has 0 saturated heterocycles. The van der Waals surface area contributed by atoms with Crippen LogP contribution in [0.1, 0.15) is 35.3 Å². The van der Waals surface area contributed by atoms with Crippen LogP contribution in [0.15, 0.2) is 60.8 Å². The molecular formula is C23H24FN3S. The Morgan fingerprint density at radius 2 is 1.89 bits per heavy atom. The van der Waals surface area contributed by atoms with Crippen LogP contribution in [0.2, 0.25) is 0 Å². The van der Waals surface area contributed by atoms with Crippen molar-refractivity contribution in [3.8, 4) is 0 Å². The second-order valence-electron chi connectivity index (χ2n) is 7.17. The van der Waals surface area contributed by atoms with Crippen LogP contribution in [-0.2, 0) is 13.0 Å². The summed E-state index contributed by atoms with van der Waals surface area (Å²) < 4.78 is 15.8. The van der Waals surface area contributed by atoms with Crippen molar-refractivity contribution in [1.82, 2.24) is 9.47 Å². The Morgan fingerprint density at radius 3 is 2.64 bits per heavy atom. The molecule has 0 amide bonds. The minimum absolute atomic E-state index is 0.0431. The zero-order chi connectivity index (χ0) is 19.7. The standard InChI is InChI=1S/C23H24FN3S/c1-3-17-7-4-6-16(2)21(17)25-23(28)27-15-14-26-13-5-8-20(26)22(27)18-9-11-19(24)12-10-18/h4-13,22H,3,14-15H2,1-2H3,(H,25,28)/t22-/m1/s1. The number of nitrogens with zero attached hydrogens (tertiary/aromatic N) is 2. The van der Waals surface area contributed by atoms with Gasteiger partial charge in [0.15, 0.2) is 5.11 Å².